The van der Waals surface area contributed by atoms with E-state index in [-0.39, 0.29) is 18.3 Å². The molecule has 0 saturated carbocycles. The quantitative estimate of drug-likeness (QED) is 0.627. The molecular formula is C17H14BrFN2O3S. The summed E-state index contributed by atoms with van der Waals surface area (Å²) in [5.74, 6) is 0.424. The molecule has 1 aromatic heterocycles. The maximum atomic E-state index is 13.0. The van der Waals surface area contributed by atoms with Gasteiger partial charge in [-0.1, -0.05) is 11.3 Å². The van der Waals surface area contributed by atoms with Gasteiger partial charge < -0.3 is 9.47 Å². The van der Waals surface area contributed by atoms with Crippen molar-refractivity contribution >= 4 is 48.5 Å². The van der Waals surface area contributed by atoms with Crippen molar-refractivity contribution in [3.63, 3.8) is 0 Å². The summed E-state index contributed by atoms with van der Waals surface area (Å²) in [6.07, 6.45) is 0. The van der Waals surface area contributed by atoms with E-state index < -0.39 is 0 Å². The molecule has 25 heavy (non-hydrogen) atoms. The molecule has 130 valence electrons. The van der Waals surface area contributed by atoms with Crippen molar-refractivity contribution in [1.82, 2.24) is 4.98 Å². The molecule has 3 rings (SSSR count). The first-order valence-corrected chi connectivity index (χ1v) is 9.07. The molecule has 0 atom stereocenters. The van der Waals surface area contributed by atoms with Crippen LogP contribution in [0.5, 0.6) is 11.5 Å². The fourth-order valence-corrected chi connectivity index (χ4v) is 3.48. The third-order valence-electron chi connectivity index (χ3n) is 3.17. The number of benzene rings is 2. The number of hydrogen-bond acceptors (Lipinski definition) is 5. The third kappa shape index (κ3) is 4.46. The van der Waals surface area contributed by atoms with Gasteiger partial charge in [-0.05, 0) is 59.3 Å². The van der Waals surface area contributed by atoms with Crippen LogP contribution in [-0.4, -0.2) is 24.1 Å². The number of aromatic nitrogens is 1. The van der Waals surface area contributed by atoms with Crippen LogP contribution in [-0.2, 0) is 4.79 Å². The molecule has 0 saturated heterocycles. The monoisotopic (exact) mass is 424 g/mol. The summed E-state index contributed by atoms with van der Waals surface area (Å²) in [5, 5.41) is 3.18. The number of thiazole rings is 1. The van der Waals surface area contributed by atoms with Crippen LogP contribution in [0, 0.1) is 5.82 Å². The number of halogens is 2. The Bertz CT molecular complexity index is 916. The van der Waals surface area contributed by atoms with E-state index in [2.05, 4.69) is 26.2 Å². The molecule has 0 aliphatic rings. The normalized spacial score (nSPS) is 10.7. The molecule has 8 heteroatoms. The number of hydrogen-bond donors (Lipinski definition) is 1. The minimum atomic E-state index is -0.385. The van der Waals surface area contributed by atoms with Crippen LogP contribution in [0.1, 0.15) is 6.92 Å². The van der Waals surface area contributed by atoms with E-state index in [0.29, 0.717) is 22.0 Å². The summed E-state index contributed by atoms with van der Waals surface area (Å²) in [7, 11) is 0. The zero-order chi connectivity index (χ0) is 17.8. The highest BCUT2D eigenvalue weighted by molar-refractivity contribution is 9.10. The summed E-state index contributed by atoms with van der Waals surface area (Å²) < 4.78 is 25.2. The lowest BCUT2D eigenvalue weighted by molar-refractivity contribution is -0.118. The van der Waals surface area contributed by atoms with Gasteiger partial charge in [0.1, 0.15) is 17.3 Å². The first kappa shape index (κ1) is 17.6. The lowest BCUT2D eigenvalue weighted by atomic mass is 10.3. The lowest BCUT2D eigenvalue weighted by Gasteiger charge is -2.07. The molecule has 0 fully saturated rings. The molecule has 1 N–H and O–H groups in total. The summed E-state index contributed by atoms with van der Waals surface area (Å²) in [4.78, 5) is 16.4. The van der Waals surface area contributed by atoms with Crippen molar-refractivity contribution in [1.29, 1.82) is 0 Å². The number of nitrogens with zero attached hydrogens (tertiary/aromatic N) is 1. The van der Waals surface area contributed by atoms with E-state index in [1.165, 1.54) is 29.5 Å². The van der Waals surface area contributed by atoms with E-state index in [9.17, 15) is 9.18 Å². The molecule has 0 aliphatic carbocycles. The van der Waals surface area contributed by atoms with Gasteiger partial charge in [-0.2, -0.15) is 0 Å². The van der Waals surface area contributed by atoms with Gasteiger partial charge in [0.2, 0.25) is 0 Å². The van der Waals surface area contributed by atoms with Crippen LogP contribution in [0.4, 0.5) is 9.52 Å². The average molecular weight is 425 g/mol. The molecule has 0 aliphatic heterocycles. The molecule has 5 nitrogen and oxygen atoms in total. The van der Waals surface area contributed by atoms with Crippen LogP contribution in [0.3, 0.4) is 0 Å². The molecule has 1 amide bonds. The van der Waals surface area contributed by atoms with Gasteiger partial charge in [-0.3, -0.25) is 10.1 Å². The Hall–Kier alpha value is -2.19. The fraction of sp³-hybridized carbons (Fsp3) is 0.176. The van der Waals surface area contributed by atoms with Crippen LogP contribution in [0.25, 0.3) is 10.2 Å². The van der Waals surface area contributed by atoms with Crippen LogP contribution < -0.4 is 14.8 Å². The molecule has 2 aromatic carbocycles. The van der Waals surface area contributed by atoms with Gasteiger partial charge in [0.25, 0.3) is 5.91 Å². The Morgan fingerprint density at radius 1 is 1.28 bits per heavy atom. The zero-order valence-electron chi connectivity index (χ0n) is 13.2. The maximum absolute atomic E-state index is 13.0. The van der Waals surface area contributed by atoms with Crippen LogP contribution in [0.15, 0.2) is 40.9 Å². The largest absolute Gasteiger partial charge is 0.494 e. The minimum absolute atomic E-state index is 0.204. The number of anilines is 1. The van der Waals surface area contributed by atoms with Crippen molar-refractivity contribution in [2.45, 2.75) is 6.92 Å². The minimum Gasteiger partial charge on any atom is -0.494 e. The second-order valence-electron chi connectivity index (χ2n) is 4.99. The number of nitrogens with one attached hydrogen (secondary N) is 1. The highest BCUT2D eigenvalue weighted by Crippen LogP contribution is 2.29. The summed E-state index contributed by atoms with van der Waals surface area (Å²) in [6, 6.07) is 9.57. The molecule has 0 radical (unpaired) electrons. The number of carbonyl (C=O) groups excluding carboxylic acids is 1. The van der Waals surface area contributed by atoms with Crippen molar-refractivity contribution in [2.75, 3.05) is 18.5 Å². The molecular weight excluding hydrogens is 411 g/mol. The van der Waals surface area contributed by atoms with Gasteiger partial charge in [0.05, 0.1) is 21.3 Å². The maximum Gasteiger partial charge on any atom is 0.264 e. The zero-order valence-corrected chi connectivity index (χ0v) is 15.6. The Morgan fingerprint density at radius 2 is 2.12 bits per heavy atom. The van der Waals surface area contributed by atoms with E-state index >= 15 is 0 Å². The van der Waals surface area contributed by atoms with Crippen LogP contribution in [0.2, 0.25) is 0 Å². The van der Waals surface area contributed by atoms with Crippen molar-refractivity contribution in [3.8, 4) is 11.5 Å². The molecule has 0 bridgehead atoms. The van der Waals surface area contributed by atoms with Gasteiger partial charge in [0.15, 0.2) is 11.7 Å². The Kier molecular flexibility index (Phi) is 5.50. The van der Waals surface area contributed by atoms with Gasteiger partial charge in [0, 0.05) is 0 Å². The van der Waals surface area contributed by atoms with E-state index in [1.807, 2.05) is 25.1 Å². The Balaban J connectivity index is 1.63. The highest BCUT2D eigenvalue weighted by atomic mass is 79.9. The van der Waals surface area contributed by atoms with Gasteiger partial charge >= 0.3 is 0 Å². The van der Waals surface area contributed by atoms with E-state index in [1.54, 1.807) is 0 Å². The number of fused-ring (bicyclic) bond motifs is 1. The lowest BCUT2D eigenvalue weighted by Crippen LogP contribution is -2.20. The topological polar surface area (TPSA) is 60.5 Å². The van der Waals surface area contributed by atoms with E-state index in [0.717, 1.165) is 16.0 Å². The summed E-state index contributed by atoms with van der Waals surface area (Å²) >= 11 is 4.54. The number of carbonyl (C=O) groups is 1. The van der Waals surface area contributed by atoms with Crippen molar-refractivity contribution in [2.24, 2.45) is 0 Å². The SMILES string of the molecule is CCOc1ccc2nc(NC(=O)COc3ccc(F)cc3Br)sc2c1. The Morgan fingerprint density at radius 3 is 2.88 bits per heavy atom. The number of amides is 1. The fourth-order valence-electron chi connectivity index (χ4n) is 2.11. The molecule has 1 heterocycles. The second kappa shape index (κ2) is 7.79. The molecule has 3 aromatic rings. The first-order valence-electron chi connectivity index (χ1n) is 7.46. The summed E-state index contributed by atoms with van der Waals surface area (Å²) in [5.41, 5.74) is 0.783. The first-order chi connectivity index (χ1) is 12.0. The predicted octanol–water partition coefficient (Wildman–Crippen LogP) is 4.61. The average Bonchev–Trinajstić information content (AvgIpc) is 2.95. The number of rotatable bonds is 6. The van der Waals surface area contributed by atoms with Crippen LogP contribution >= 0.6 is 27.3 Å². The highest BCUT2D eigenvalue weighted by Gasteiger charge is 2.11. The van der Waals surface area contributed by atoms with E-state index in [4.69, 9.17) is 9.47 Å². The van der Waals surface area contributed by atoms with Crippen molar-refractivity contribution < 1.29 is 18.7 Å². The van der Waals surface area contributed by atoms with Gasteiger partial charge in [-0.25, -0.2) is 9.37 Å². The van der Waals surface area contributed by atoms with Crippen molar-refractivity contribution in [3.05, 3.63) is 46.7 Å². The molecule has 0 spiro atoms. The number of ether oxygens (including phenoxy) is 2. The molecule has 0 unspecified atom stereocenters. The third-order valence-corrected chi connectivity index (χ3v) is 4.72. The van der Waals surface area contributed by atoms with Gasteiger partial charge in [-0.15, -0.1) is 0 Å². The smallest absolute Gasteiger partial charge is 0.264 e. The second-order valence-corrected chi connectivity index (χ2v) is 6.88. The Labute approximate surface area is 155 Å². The summed E-state index contributed by atoms with van der Waals surface area (Å²) in [6.45, 7) is 2.30. The predicted molar refractivity (Wildman–Crippen MR) is 99.0 cm³/mol. The standard InChI is InChI=1S/C17H14BrFN2O3S/c1-2-23-11-4-5-13-15(8-11)25-17(20-13)21-16(22)9-24-14-6-3-10(19)7-12(14)18/h3-8H,2,9H2,1H3,(H,20,21,22).